The van der Waals surface area contributed by atoms with Crippen molar-refractivity contribution in [1.82, 2.24) is 4.90 Å². The predicted octanol–water partition coefficient (Wildman–Crippen LogP) is 3.44. The number of likely N-dealkylation sites (tertiary alicyclic amines) is 1. The van der Waals surface area contributed by atoms with E-state index in [1.54, 1.807) is 36.4 Å². The first-order valence-electron chi connectivity index (χ1n) is 9.42. The van der Waals surface area contributed by atoms with Crippen LogP contribution in [0.3, 0.4) is 0 Å². The van der Waals surface area contributed by atoms with E-state index in [4.69, 9.17) is 0 Å². The van der Waals surface area contributed by atoms with Crippen LogP contribution in [0.5, 0.6) is 0 Å². The van der Waals surface area contributed by atoms with Crippen molar-refractivity contribution in [2.45, 2.75) is 26.2 Å². The van der Waals surface area contributed by atoms with Crippen molar-refractivity contribution in [1.29, 1.82) is 0 Å². The predicted molar refractivity (Wildman–Crippen MR) is 106 cm³/mol. The first kappa shape index (κ1) is 19.6. The molecule has 2 aromatic rings. The highest BCUT2D eigenvalue weighted by molar-refractivity contribution is 5.95. The SMILES string of the molecule is CC(=O)Nc1ccc(C(=O)N2CCC(Cc3ccccc3C(=O)O)CC2)cc1. The minimum atomic E-state index is -0.897. The molecule has 1 heterocycles. The maximum atomic E-state index is 12.7. The van der Waals surface area contributed by atoms with Gasteiger partial charge >= 0.3 is 5.97 Å². The van der Waals surface area contributed by atoms with E-state index >= 15 is 0 Å². The Labute approximate surface area is 164 Å². The highest BCUT2D eigenvalue weighted by Crippen LogP contribution is 2.24. The van der Waals surface area contributed by atoms with Crippen LogP contribution in [0.2, 0.25) is 0 Å². The van der Waals surface area contributed by atoms with E-state index < -0.39 is 5.97 Å². The Morgan fingerprint density at radius 3 is 2.29 bits per heavy atom. The van der Waals surface area contributed by atoms with E-state index in [0.717, 1.165) is 24.8 Å². The molecule has 0 unspecified atom stereocenters. The second-order valence-corrected chi connectivity index (χ2v) is 7.16. The van der Waals surface area contributed by atoms with Crippen LogP contribution in [0.25, 0.3) is 0 Å². The molecule has 2 amide bonds. The van der Waals surface area contributed by atoms with E-state index in [1.807, 2.05) is 17.0 Å². The molecule has 0 atom stereocenters. The Balaban J connectivity index is 1.57. The molecule has 1 aliphatic rings. The lowest BCUT2D eigenvalue weighted by atomic mass is 9.88. The normalized spacial score (nSPS) is 14.5. The van der Waals surface area contributed by atoms with Crippen LogP contribution < -0.4 is 5.32 Å². The van der Waals surface area contributed by atoms with Gasteiger partial charge in [-0.2, -0.15) is 0 Å². The highest BCUT2D eigenvalue weighted by atomic mass is 16.4. The highest BCUT2D eigenvalue weighted by Gasteiger charge is 2.24. The molecule has 6 nitrogen and oxygen atoms in total. The molecule has 0 saturated carbocycles. The van der Waals surface area contributed by atoms with Gasteiger partial charge in [0, 0.05) is 31.3 Å². The van der Waals surface area contributed by atoms with Gasteiger partial charge in [-0.25, -0.2) is 4.79 Å². The van der Waals surface area contributed by atoms with E-state index in [9.17, 15) is 19.5 Å². The van der Waals surface area contributed by atoms with Gasteiger partial charge in [0.25, 0.3) is 5.91 Å². The quantitative estimate of drug-likeness (QED) is 0.832. The fraction of sp³-hybridized carbons (Fsp3) is 0.318. The zero-order valence-electron chi connectivity index (χ0n) is 15.9. The smallest absolute Gasteiger partial charge is 0.335 e. The van der Waals surface area contributed by atoms with Crippen LogP contribution in [0.15, 0.2) is 48.5 Å². The molecule has 0 aliphatic carbocycles. The molecule has 2 aromatic carbocycles. The lowest BCUT2D eigenvalue weighted by Crippen LogP contribution is -2.39. The number of aromatic carboxylic acids is 1. The molecule has 146 valence electrons. The summed E-state index contributed by atoms with van der Waals surface area (Å²) >= 11 is 0. The number of hydrogen-bond acceptors (Lipinski definition) is 3. The second-order valence-electron chi connectivity index (χ2n) is 7.16. The summed E-state index contributed by atoms with van der Waals surface area (Å²) in [6, 6.07) is 14.0. The summed E-state index contributed by atoms with van der Waals surface area (Å²) in [7, 11) is 0. The summed E-state index contributed by atoms with van der Waals surface area (Å²) in [5, 5.41) is 12.0. The molecule has 1 aliphatic heterocycles. The van der Waals surface area contributed by atoms with Crippen molar-refractivity contribution in [3.8, 4) is 0 Å². The number of nitrogens with zero attached hydrogens (tertiary/aromatic N) is 1. The molecule has 0 radical (unpaired) electrons. The molecular formula is C22H24N2O4. The maximum Gasteiger partial charge on any atom is 0.335 e. The van der Waals surface area contributed by atoms with Gasteiger partial charge in [-0.05, 0) is 61.1 Å². The molecule has 0 spiro atoms. The number of amides is 2. The van der Waals surface area contributed by atoms with E-state index in [2.05, 4.69) is 5.32 Å². The fourth-order valence-electron chi connectivity index (χ4n) is 3.64. The summed E-state index contributed by atoms with van der Waals surface area (Å²) in [5.74, 6) is -0.693. The van der Waals surface area contributed by atoms with Gasteiger partial charge in [0.05, 0.1) is 5.56 Å². The number of carboxylic acids is 1. The van der Waals surface area contributed by atoms with Gasteiger partial charge in [-0.3, -0.25) is 9.59 Å². The number of piperidine rings is 1. The van der Waals surface area contributed by atoms with E-state index in [0.29, 0.717) is 35.8 Å². The molecule has 0 bridgehead atoms. The number of benzene rings is 2. The van der Waals surface area contributed by atoms with Crippen LogP contribution in [-0.4, -0.2) is 40.9 Å². The van der Waals surface area contributed by atoms with Crippen LogP contribution in [0, 0.1) is 5.92 Å². The minimum Gasteiger partial charge on any atom is -0.478 e. The van der Waals surface area contributed by atoms with Gasteiger partial charge in [0.15, 0.2) is 0 Å². The number of carbonyl (C=O) groups is 3. The standard InChI is InChI=1S/C22H24N2O4/c1-15(25)23-19-8-6-17(7-9-19)21(26)24-12-10-16(11-13-24)14-18-4-2-3-5-20(18)22(27)28/h2-9,16H,10-14H2,1H3,(H,23,25)(H,27,28). The average Bonchev–Trinajstić information content (AvgIpc) is 2.68. The Morgan fingerprint density at radius 1 is 1.04 bits per heavy atom. The van der Waals surface area contributed by atoms with Crippen molar-refractivity contribution in [3.63, 3.8) is 0 Å². The molecule has 3 rings (SSSR count). The van der Waals surface area contributed by atoms with Gasteiger partial charge in [-0.1, -0.05) is 18.2 Å². The van der Waals surface area contributed by atoms with Crippen LogP contribution in [0.1, 0.15) is 46.0 Å². The number of nitrogens with one attached hydrogen (secondary N) is 1. The Kier molecular flexibility index (Phi) is 6.09. The van der Waals surface area contributed by atoms with Crippen molar-refractivity contribution in [2.24, 2.45) is 5.92 Å². The number of rotatable bonds is 5. The fourth-order valence-corrected chi connectivity index (χ4v) is 3.64. The summed E-state index contributed by atoms with van der Waals surface area (Å²) in [6.45, 7) is 2.76. The lowest BCUT2D eigenvalue weighted by molar-refractivity contribution is -0.114. The zero-order valence-corrected chi connectivity index (χ0v) is 15.9. The first-order valence-corrected chi connectivity index (χ1v) is 9.42. The average molecular weight is 380 g/mol. The zero-order chi connectivity index (χ0) is 20.1. The number of anilines is 1. The van der Waals surface area contributed by atoms with Gasteiger partial charge in [-0.15, -0.1) is 0 Å². The molecular weight excluding hydrogens is 356 g/mol. The third kappa shape index (κ3) is 4.76. The minimum absolute atomic E-state index is 0.0150. The van der Waals surface area contributed by atoms with Gasteiger partial charge in [0.2, 0.25) is 5.91 Å². The molecule has 1 fully saturated rings. The second kappa shape index (κ2) is 8.69. The Bertz CT molecular complexity index is 868. The Hall–Kier alpha value is -3.15. The van der Waals surface area contributed by atoms with Crippen LogP contribution in [-0.2, 0) is 11.2 Å². The topological polar surface area (TPSA) is 86.7 Å². The van der Waals surface area contributed by atoms with Gasteiger partial charge in [0.1, 0.15) is 0 Å². The summed E-state index contributed by atoms with van der Waals surface area (Å²) in [5.41, 5.74) is 2.48. The van der Waals surface area contributed by atoms with E-state index in [1.165, 1.54) is 6.92 Å². The number of hydrogen-bond donors (Lipinski definition) is 2. The van der Waals surface area contributed by atoms with Crippen molar-refractivity contribution >= 4 is 23.5 Å². The third-order valence-electron chi connectivity index (χ3n) is 5.11. The van der Waals surface area contributed by atoms with Crippen LogP contribution >= 0.6 is 0 Å². The van der Waals surface area contributed by atoms with Crippen molar-refractivity contribution < 1.29 is 19.5 Å². The molecule has 0 aromatic heterocycles. The Morgan fingerprint density at radius 2 is 1.68 bits per heavy atom. The first-order chi connectivity index (χ1) is 13.4. The third-order valence-corrected chi connectivity index (χ3v) is 5.11. The number of carboxylic acid groups (broad SMARTS) is 1. The number of carbonyl (C=O) groups excluding carboxylic acids is 2. The van der Waals surface area contributed by atoms with Crippen molar-refractivity contribution in [2.75, 3.05) is 18.4 Å². The summed E-state index contributed by atoms with van der Waals surface area (Å²) in [4.78, 5) is 37.0. The maximum absolute atomic E-state index is 12.7. The largest absolute Gasteiger partial charge is 0.478 e. The van der Waals surface area contributed by atoms with E-state index in [-0.39, 0.29) is 11.8 Å². The summed E-state index contributed by atoms with van der Waals surface area (Å²) < 4.78 is 0. The van der Waals surface area contributed by atoms with Crippen molar-refractivity contribution in [3.05, 3.63) is 65.2 Å². The molecule has 28 heavy (non-hydrogen) atoms. The lowest BCUT2D eigenvalue weighted by Gasteiger charge is -2.32. The summed E-state index contributed by atoms with van der Waals surface area (Å²) in [6.07, 6.45) is 2.42. The molecule has 6 heteroatoms. The monoisotopic (exact) mass is 380 g/mol. The molecule has 1 saturated heterocycles. The van der Waals surface area contributed by atoms with Crippen LogP contribution in [0.4, 0.5) is 5.69 Å². The van der Waals surface area contributed by atoms with Gasteiger partial charge < -0.3 is 15.3 Å². The molecule has 2 N–H and O–H groups in total.